The Morgan fingerprint density at radius 2 is 1.50 bits per heavy atom. The summed E-state index contributed by atoms with van der Waals surface area (Å²) in [5, 5.41) is 8.62. The van der Waals surface area contributed by atoms with Crippen molar-refractivity contribution in [2.75, 3.05) is 0 Å². The maximum Gasteiger partial charge on any atom is 0.328 e. The van der Waals surface area contributed by atoms with Crippen LogP contribution in [0.2, 0.25) is 0 Å². The minimum Gasteiger partial charge on any atom is -0.478 e. The Morgan fingerprint density at radius 1 is 0.909 bits per heavy atom. The zero-order valence-corrected chi connectivity index (χ0v) is 14.6. The fraction of sp³-hybridized carbons (Fsp3) is 0.450. The number of carbonyl (C=O) groups is 1. The minimum atomic E-state index is -0.906. The Hall–Kier alpha value is -1.83. The molecule has 0 spiro atoms. The Labute approximate surface area is 135 Å². The molecular weight excluding hydrogens is 272 g/mol. The molecule has 0 aromatic carbocycles. The van der Waals surface area contributed by atoms with E-state index in [9.17, 15) is 4.79 Å². The van der Waals surface area contributed by atoms with Crippen LogP contribution in [0.5, 0.6) is 0 Å². The van der Waals surface area contributed by atoms with Gasteiger partial charge in [0.15, 0.2) is 0 Å². The molecule has 0 aromatic heterocycles. The molecule has 2 nitrogen and oxygen atoms in total. The van der Waals surface area contributed by atoms with Crippen molar-refractivity contribution in [3.05, 3.63) is 58.7 Å². The lowest BCUT2D eigenvalue weighted by Crippen LogP contribution is -1.87. The lowest BCUT2D eigenvalue weighted by molar-refractivity contribution is -0.131. The maximum absolute atomic E-state index is 10.5. The van der Waals surface area contributed by atoms with Crippen molar-refractivity contribution in [1.82, 2.24) is 0 Å². The predicted octanol–water partition coefficient (Wildman–Crippen LogP) is 5.99. The molecule has 2 heteroatoms. The van der Waals surface area contributed by atoms with E-state index in [2.05, 4.69) is 39.8 Å². The van der Waals surface area contributed by atoms with E-state index in [4.69, 9.17) is 5.11 Å². The average molecular weight is 302 g/mol. The molecule has 0 fully saturated rings. The van der Waals surface area contributed by atoms with Crippen LogP contribution in [0.3, 0.4) is 0 Å². The molecule has 0 rings (SSSR count). The Morgan fingerprint density at radius 3 is 2.09 bits per heavy atom. The number of rotatable bonds is 9. The lowest BCUT2D eigenvalue weighted by atomic mass is 10.1. The first-order valence-electron chi connectivity index (χ1n) is 7.85. The second-order valence-corrected chi connectivity index (χ2v) is 6.01. The van der Waals surface area contributed by atoms with Crippen molar-refractivity contribution in [3.63, 3.8) is 0 Å². The first-order chi connectivity index (χ1) is 10.3. The molecule has 0 unspecified atom stereocenters. The van der Waals surface area contributed by atoms with E-state index in [0.717, 1.165) is 31.3 Å². The van der Waals surface area contributed by atoms with Crippen molar-refractivity contribution in [2.24, 2.45) is 0 Å². The molecule has 0 aliphatic rings. The molecule has 1 N–H and O–H groups in total. The summed E-state index contributed by atoms with van der Waals surface area (Å²) in [6, 6.07) is 0. The molecule has 0 saturated heterocycles. The number of hydrogen-bond donors (Lipinski definition) is 1. The highest BCUT2D eigenvalue weighted by Gasteiger charge is 1.92. The first-order valence-corrected chi connectivity index (χ1v) is 7.85. The van der Waals surface area contributed by atoms with E-state index >= 15 is 0 Å². The summed E-state index contributed by atoms with van der Waals surface area (Å²) in [4.78, 5) is 10.5. The third kappa shape index (κ3) is 13.2. The highest BCUT2D eigenvalue weighted by Crippen LogP contribution is 2.11. The van der Waals surface area contributed by atoms with E-state index in [-0.39, 0.29) is 0 Å². The fourth-order valence-corrected chi connectivity index (χ4v) is 1.93. The molecule has 0 saturated carbocycles. The van der Waals surface area contributed by atoms with Gasteiger partial charge in [-0.15, -0.1) is 0 Å². The van der Waals surface area contributed by atoms with Gasteiger partial charge in [0.25, 0.3) is 0 Å². The topological polar surface area (TPSA) is 37.3 Å². The molecule has 0 aromatic rings. The second-order valence-electron chi connectivity index (χ2n) is 6.01. The van der Waals surface area contributed by atoms with Gasteiger partial charge in [0.2, 0.25) is 0 Å². The Kier molecular flexibility index (Phi) is 10.8. The molecule has 22 heavy (non-hydrogen) atoms. The summed E-state index contributed by atoms with van der Waals surface area (Å²) >= 11 is 0. The van der Waals surface area contributed by atoms with Crippen LogP contribution in [0, 0.1) is 0 Å². The molecule has 0 amide bonds. The van der Waals surface area contributed by atoms with Gasteiger partial charge in [0.1, 0.15) is 0 Å². The summed E-state index contributed by atoms with van der Waals surface area (Å²) in [6.45, 7) is 10.3. The quantitative estimate of drug-likeness (QED) is 0.322. The van der Waals surface area contributed by atoms with E-state index in [1.54, 1.807) is 6.92 Å². The molecule has 0 aliphatic heterocycles. The van der Waals surface area contributed by atoms with Crippen molar-refractivity contribution < 1.29 is 9.90 Å². The Bertz CT molecular complexity index is 496. The minimum absolute atomic E-state index is 0.742. The third-order valence-corrected chi connectivity index (χ3v) is 3.21. The van der Waals surface area contributed by atoms with Gasteiger partial charge in [-0.3, -0.25) is 0 Å². The van der Waals surface area contributed by atoms with Gasteiger partial charge < -0.3 is 5.11 Å². The molecule has 0 heterocycles. The fourth-order valence-electron chi connectivity index (χ4n) is 1.93. The van der Waals surface area contributed by atoms with Gasteiger partial charge in [-0.1, -0.05) is 47.1 Å². The van der Waals surface area contributed by atoms with Crippen LogP contribution >= 0.6 is 0 Å². The summed E-state index contributed by atoms with van der Waals surface area (Å²) in [6.07, 6.45) is 15.9. The van der Waals surface area contributed by atoms with Gasteiger partial charge in [-0.05, 0) is 65.9 Å². The van der Waals surface area contributed by atoms with Crippen LogP contribution in [0.4, 0.5) is 0 Å². The monoisotopic (exact) mass is 302 g/mol. The van der Waals surface area contributed by atoms with Crippen LogP contribution in [0.15, 0.2) is 58.7 Å². The van der Waals surface area contributed by atoms with Crippen molar-refractivity contribution in [3.8, 4) is 0 Å². The largest absolute Gasteiger partial charge is 0.478 e. The van der Waals surface area contributed by atoms with Crippen LogP contribution in [0.25, 0.3) is 0 Å². The first kappa shape index (κ1) is 20.2. The van der Waals surface area contributed by atoms with Gasteiger partial charge in [0, 0.05) is 6.08 Å². The SMILES string of the molecule is CC(C)=CCCC(C)=CCC\C(C)=C/C=C/C(C)=C/C(=O)O. The zero-order chi connectivity index (χ0) is 17.0. The maximum atomic E-state index is 10.5. The highest BCUT2D eigenvalue weighted by atomic mass is 16.4. The standard InChI is InChI=1S/C20H30O2/c1-16(2)9-6-10-17(3)11-7-12-18(4)13-8-14-19(5)15-20(21)22/h8-9,11,13-15H,6-7,10,12H2,1-5H3,(H,21,22)/b14-8+,17-11?,18-13-,19-15+. The van der Waals surface area contributed by atoms with E-state index < -0.39 is 5.97 Å². The van der Waals surface area contributed by atoms with Gasteiger partial charge in [-0.2, -0.15) is 0 Å². The summed E-state index contributed by atoms with van der Waals surface area (Å²) in [5.41, 5.74) is 4.87. The van der Waals surface area contributed by atoms with Crippen LogP contribution in [0.1, 0.15) is 60.3 Å². The number of allylic oxidation sites excluding steroid dienone is 9. The molecule has 0 radical (unpaired) electrons. The zero-order valence-electron chi connectivity index (χ0n) is 14.6. The van der Waals surface area contributed by atoms with E-state index in [0.29, 0.717) is 0 Å². The summed E-state index contributed by atoms with van der Waals surface area (Å²) in [5.74, 6) is -0.906. The number of carboxylic acid groups (broad SMARTS) is 1. The smallest absolute Gasteiger partial charge is 0.328 e. The highest BCUT2D eigenvalue weighted by molar-refractivity contribution is 5.81. The van der Waals surface area contributed by atoms with Crippen molar-refractivity contribution >= 4 is 5.97 Å². The lowest BCUT2D eigenvalue weighted by Gasteiger charge is -2.00. The molecule has 122 valence electrons. The number of aliphatic carboxylic acids is 1. The molecule has 0 bridgehead atoms. The molecular formula is C20H30O2. The molecule has 0 aliphatic carbocycles. The molecule has 0 atom stereocenters. The summed E-state index contributed by atoms with van der Waals surface area (Å²) in [7, 11) is 0. The van der Waals surface area contributed by atoms with E-state index in [1.165, 1.54) is 22.8 Å². The number of hydrogen-bond acceptors (Lipinski definition) is 1. The average Bonchev–Trinajstić information content (AvgIpc) is 2.37. The second kappa shape index (κ2) is 11.8. The third-order valence-electron chi connectivity index (χ3n) is 3.21. The van der Waals surface area contributed by atoms with Crippen molar-refractivity contribution in [2.45, 2.75) is 60.3 Å². The van der Waals surface area contributed by atoms with Gasteiger partial charge in [0.05, 0.1) is 0 Å². The predicted molar refractivity (Wildman–Crippen MR) is 95.9 cm³/mol. The normalized spacial score (nSPS) is 13.6. The van der Waals surface area contributed by atoms with Crippen LogP contribution in [-0.2, 0) is 4.79 Å². The van der Waals surface area contributed by atoms with Gasteiger partial charge in [-0.25, -0.2) is 4.79 Å². The summed E-state index contributed by atoms with van der Waals surface area (Å²) < 4.78 is 0. The van der Waals surface area contributed by atoms with Crippen molar-refractivity contribution in [1.29, 1.82) is 0 Å². The van der Waals surface area contributed by atoms with Gasteiger partial charge >= 0.3 is 5.97 Å². The Balaban J connectivity index is 4.19. The van der Waals surface area contributed by atoms with Crippen LogP contribution < -0.4 is 0 Å². The van der Waals surface area contributed by atoms with E-state index in [1.807, 2.05) is 18.2 Å². The number of carboxylic acids is 1. The van der Waals surface area contributed by atoms with Crippen LogP contribution in [-0.4, -0.2) is 11.1 Å².